The predicted octanol–water partition coefficient (Wildman–Crippen LogP) is 3.88. The van der Waals surface area contributed by atoms with E-state index in [0.717, 1.165) is 55.1 Å². The van der Waals surface area contributed by atoms with Crippen LogP contribution in [0.25, 0.3) is 5.69 Å². The van der Waals surface area contributed by atoms with Crippen LogP contribution in [0.3, 0.4) is 0 Å². The fourth-order valence-electron chi connectivity index (χ4n) is 4.82. The summed E-state index contributed by atoms with van der Waals surface area (Å²) in [6.07, 6.45) is 9.54. The van der Waals surface area contributed by atoms with Crippen molar-refractivity contribution in [3.05, 3.63) is 64.2 Å². The molecule has 2 aliphatic rings. The summed E-state index contributed by atoms with van der Waals surface area (Å²) in [6.45, 7) is 0. The number of hydrogen-bond donors (Lipinski definition) is 2. The van der Waals surface area contributed by atoms with Gasteiger partial charge in [0.15, 0.2) is 5.82 Å². The van der Waals surface area contributed by atoms with E-state index >= 15 is 0 Å². The first kappa shape index (κ1) is 19.9. The summed E-state index contributed by atoms with van der Waals surface area (Å²) in [5.41, 5.74) is 5.51. The normalized spacial score (nSPS) is 17.8. The van der Waals surface area contributed by atoms with Gasteiger partial charge in [-0.1, -0.05) is 0 Å². The van der Waals surface area contributed by atoms with Crippen molar-refractivity contribution in [1.29, 1.82) is 0 Å². The first-order valence-electron chi connectivity index (χ1n) is 11.0. The van der Waals surface area contributed by atoms with Gasteiger partial charge in [0.25, 0.3) is 0 Å². The molecule has 2 N–H and O–H groups in total. The lowest BCUT2D eigenvalue weighted by Gasteiger charge is -2.24. The van der Waals surface area contributed by atoms with E-state index in [1.807, 2.05) is 0 Å². The Kier molecular flexibility index (Phi) is 5.29. The Hall–Kier alpha value is -3.03. The average Bonchev–Trinajstić information content (AvgIpc) is 3.37. The van der Waals surface area contributed by atoms with Crippen LogP contribution in [0.15, 0.2) is 24.4 Å². The number of aromatic nitrogens is 4. The van der Waals surface area contributed by atoms with Crippen LogP contribution in [-0.4, -0.2) is 25.9 Å². The molecule has 5 rings (SSSR count). The highest BCUT2D eigenvalue weighted by atomic mass is 19.1. The standard InChI is InChI=1S/C23H25F2N5O/c24-14-8-10-22(17(25)12-14)30-21-7-3-6-18(16(21)13-26-30)27-23(31)11-9-20-15-4-1-2-5-19(15)28-29-20/h8,10,12-13,18H,1-7,9,11H2,(H,27,31)(H,28,29). The minimum absolute atomic E-state index is 0.0221. The molecule has 8 heteroatoms. The van der Waals surface area contributed by atoms with E-state index in [1.54, 1.807) is 6.20 Å². The smallest absolute Gasteiger partial charge is 0.220 e. The first-order valence-corrected chi connectivity index (χ1v) is 11.0. The summed E-state index contributed by atoms with van der Waals surface area (Å²) < 4.78 is 29.1. The largest absolute Gasteiger partial charge is 0.349 e. The molecule has 0 spiro atoms. The van der Waals surface area contributed by atoms with Gasteiger partial charge in [-0.25, -0.2) is 13.5 Å². The molecule has 2 aliphatic carbocycles. The molecule has 2 aromatic heterocycles. The van der Waals surface area contributed by atoms with Crippen LogP contribution in [0.5, 0.6) is 0 Å². The quantitative estimate of drug-likeness (QED) is 0.652. The lowest BCUT2D eigenvalue weighted by atomic mass is 9.92. The summed E-state index contributed by atoms with van der Waals surface area (Å²) in [5.74, 6) is -1.30. The lowest BCUT2D eigenvalue weighted by Crippen LogP contribution is -2.31. The molecule has 0 saturated heterocycles. The van der Waals surface area contributed by atoms with Gasteiger partial charge >= 0.3 is 0 Å². The zero-order valence-corrected chi connectivity index (χ0v) is 17.3. The lowest BCUT2D eigenvalue weighted by molar-refractivity contribution is -0.121. The maximum atomic E-state index is 14.3. The second kappa shape index (κ2) is 8.24. The van der Waals surface area contributed by atoms with Gasteiger partial charge in [-0.3, -0.25) is 9.89 Å². The summed E-state index contributed by atoms with van der Waals surface area (Å²) in [7, 11) is 0. The number of nitrogens with zero attached hydrogens (tertiary/aromatic N) is 3. The van der Waals surface area contributed by atoms with Gasteiger partial charge in [0.1, 0.15) is 11.5 Å². The van der Waals surface area contributed by atoms with Crippen LogP contribution < -0.4 is 5.32 Å². The number of aryl methyl sites for hydroxylation is 2. The number of aromatic amines is 1. The van der Waals surface area contributed by atoms with Gasteiger partial charge in [-0.2, -0.15) is 10.2 Å². The van der Waals surface area contributed by atoms with Gasteiger partial charge in [-0.05, 0) is 62.6 Å². The van der Waals surface area contributed by atoms with E-state index in [1.165, 1.54) is 40.9 Å². The molecule has 0 aliphatic heterocycles. The molecule has 0 saturated carbocycles. The molecule has 31 heavy (non-hydrogen) atoms. The SMILES string of the molecule is O=C(CCc1n[nH]c2c1CCCC2)NC1CCCc2c1cnn2-c1ccc(F)cc1F. The van der Waals surface area contributed by atoms with Crippen molar-refractivity contribution in [2.24, 2.45) is 0 Å². The minimum Gasteiger partial charge on any atom is -0.349 e. The van der Waals surface area contributed by atoms with Crippen LogP contribution >= 0.6 is 0 Å². The Morgan fingerprint density at radius 1 is 1.19 bits per heavy atom. The highest BCUT2D eigenvalue weighted by molar-refractivity contribution is 5.76. The second-order valence-corrected chi connectivity index (χ2v) is 8.40. The summed E-state index contributed by atoms with van der Waals surface area (Å²) in [5, 5.41) is 15.0. The highest BCUT2D eigenvalue weighted by Crippen LogP contribution is 2.32. The van der Waals surface area contributed by atoms with Crippen LogP contribution in [0.1, 0.15) is 66.4 Å². The molecule has 1 unspecified atom stereocenters. The number of hydrogen-bond acceptors (Lipinski definition) is 3. The maximum Gasteiger partial charge on any atom is 0.220 e. The molecule has 2 heterocycles. The Labute approximate surface area is 179 Å². The topological polar surface area (TPSA) is 75.6 Å². The van der Waals surface area contributed by atoms with Gasteiger partial charge in [-0.15, -0.1) is 0 Å². The molecule has 0 fully saturated rings. The van der Waals surface area contributed by atoms with Crippen molar-refractivity contribution < 1.29 is 13.6 Å². The van der Waals surface area contributed by atoms with Crippen molar-refractivity contribution >= 4 is 5.91 Å². The summed E-state index contributed by atoms with van der Waals surface area (Å²) >= 11 is 0. The molecular formula is C23H25F2N5O. The minimum atomic E-state index is -0.653. The van der Waals surface area contributed by atoms with E-state index < -0.39 is 11.6 Å². The number of benzene rings is 1. The van der Waals surface area contributed by atoms with Gasteiger partial charge in [0.05, 0.1) is 17.9 Å². The van der Waals surface area contributed by atoms with E-state index in [0.29, 0.717) is 12.8 Å². The monoisotopic (exact) mass is 425 g/mol. The fourth-order valence-corrected chi connectivity index (χ4v) is 4.82. The second-order valence-electron chi connectivity index (χ2n) is 8.40. The number of carbonyl (C=O) groups is 1. The zero-order chi connectivity index (χ0) is 21.4. The predicted molar refractivity (Wildman–Crippen MR) is 111 cm³/mol. The number of H-pyrrole nitrogens is 1. The van der Waals surface area contributed by atoms with Crippen molar-refractivity contribution in [1.82, 2.24) is 25.3 Å². The van der Waals surface area contributed by atoms with Gasteiger partial charge in [0, 0.05) is 35.9 Å². The first-order chi connectivity index (χ1) is 15.1. The third-order valence-electron chi connectivity index (χ3n) is 6.39. The summed E-state index contributed by atoms with van der Waals surface area (Å²) in [4.78, 5) is 12.7. The molecule has 6 nitrogen and oxygen atoms in total. The van der Waals surface area contributed by atoms with Gasteiger partial charge in [0.2, 0.25) is 5.91 Å². The highest BCUT2D eigenvalue weighted by Gasteiger charge is 2.27. The van der Waals surface area contributed by atoms with Crippen molar-refractivity contribution in [2.45, 2.75) is 63.8 Å². The van der Waals surface area contributed by atoms with E-state index in [9.17, 15) is 13.6 Å². The Morgan fingerprint density at radius 3 is 2.94 bits per heavy atom. The average molecular weight is 425 g/mol. The Balaban J connectivity index is 1.28. The van der Waals surface area contributed by atoms with Crippen LogP contribution in [0.2, 0.25) is 0 Å². The number of nitrogens with one attached hydrogen (secondary N) is 2. The third-order valence-corrected chi connectivity index (χ3v) is 6.39. The Morgan fingerprint density at radius 2 is 2.06 bits per heavy atom. The molecular weight excluding hydrogens is 400 g/mol. The van der Waals surface area contributed by atoms with Crippen LogP contribution in [0.4, 0.5) is 8.78 Å². The van der Waals surface area contributed by atoms with Crippen molar-refractivity contribution in [3.63, 3.8) is 0 Å². The van der Waals surface area contributed by atoms with Crippen molar-refractivity contribution in [2.75, 3.05) is 0 Å². The molecule has 1 atom stereocenters. The van der Waals surface area contributed by atoms with Crippen LogP contribution in [-0.2, 0) is 30.5 Å². The van der Waals surface area contributed by atoms with Crippen LogP contribution in [0, 0.1) is 11.6 Å². The molecule has 162 valence electrons. The third kappa shape index (κ3) is 3.86. The maximum absolute atomic E-state index is 14.3. The summed E-state index contributed by atoms with van der Waals surface area (Å²) in [6, 6.07) is 3.33. The molecule has 1 aromatic carbocycles. The van der Waals surface area contributed by atoms with E-state index in [2.05, 4.69) is 20.6 Å². The molecule has 3 aromatic rings. The number of halogens is 2. The number of fused-ring (bicyclic) bond motifs is 2. The Bertz CT molecular complexity index is 1120. The van der Waals surface area contributed by atoms with E-state index in [4.69, 9.17) is 0 Å². The number of carbonyl (C=O) groups excluding carboxylic acids is 1. The number of amides is 1. The zero-order valence-electron chi connectivity index (χ0n) is 17.3. The molecule has 0 bridgehead atoms. The number of rotatable bonds is 5. The fraction of sp³-hybridized carbons (Fsp3) is 0.435. The van der Waals surface area contributed by atoms with Crippen molar-refractivity contribution in [3.8, 4) is 5.69 Å². The van der Waals surface area contributed by atoms with Gasteiger partial charge < -0.3 is 5.32 Å². The van der Waals surface area contributed by atoms with E-state index in [-0.39, 0.29) is 17.6 Å². The molecule has 0 radical (unpaired) electrons. The molecule has 1 amide bonds.